The standard InChI is InChI=1S/C10H16N2/c1-10(2,3)6-5-7-12-9-8-11-4/h5-9H,4H2,1-3H3/b6-5+,9-8-,12-7+. The van der Waals surface area contributed by atoms with Gasteiger partial charge < -0.3 is 0 Å². The summed E-state index contributed by atoms with van der Waals surface area (Å²) in [6, 6.07) is 0. The Morgan fingerprint density at radius 1 is 1.17 bits per heavy atom. The SMILES string of the molecule is C=N\C=C/N=C/C=C/C(C)(C)C. The molecule has 2 heteroatoms. The highest BCUT2D eigenvalue weighted by atomic mass is 14.7. The molecular weight excluding hydrogens is 148 g/mol. The molecule has 0 radical (unpaired) electrons. The van der Waals surface area contributed by atoms with Gasteiger partial charge in [0.15, 0.2) is 0 Å². The Labute approximate surface area is 74.4 Å². The Bertz CT molecular complexity index is 204. The van der Waals surface area contributed by atoms with Gasteiger partial charge in [-0.1, -0.05) is 26.8 Å². The van der Waals surface area contributed by atoms with Crippen molar-refractivity contribution < 1.29 is 0 Å². The van der Waals surface area contributed by atoms with Gasteiger partial charge >= 0.3 is 0 Å². The average Bonchev–Trinajstić information content (AvgIpc) is 1.94. The Kier molecular flexibility index (Phi) is 4.93. The summed E-state index contributed by atoms with van der Waals surface area (Å²) < 4.78 is 0. The number of hydrogen-bond acceptors (Lipinski definition) is 2. The van der Waals surface area contributed by atoms with Crippen LogP contribution in [0.5, 0.6) is 0 Å². The van der Waals surface area contributed by atoms with Crippen LogP contribution in [0.1, 0.15) is 20.8 Å². The molecule has 0 aromatic carbocycles. The lowest BCUT2D eigenvalue weighted by Gasteiger charge is -2.09. The van der Waals surface area contributed by atoms with Crippen molar-refractivity contribution in [1.29, 1.82) is 0 Å². The van der Waals surface area contributed by atoms with E-state index in [0.717, 1.165) is 0 Å². The summed E-state index contributed by atoms with van der Waals surface area (Å²) in [5, 5.41) is 0. The molecule has 0 heterocycles. The van der Waals surface area contributed by atoms with Gasteiger partial charge in [-0.25, -0.2) is 0 Å². The van der Waals surface area contributed by atoms with E-state index < -0.39 is 0 Å². The molecule has 0 fully saturated rings. The molecule has 0 N–H and O–H groups in total. The first-order valence-corrected chi connectivity index (χ1v) is 3.88. The predicted octanol–water partition coefficient (Wildman–Crippen LogP) is 2.83. The molecule has 0 rings (SSSR count). The molecule has 0 unspecified atom stereocenters. The summed E-state index contributed by atoms with van der Waals surface area (Å²) >= 11 is 0. The van der Waals surface area contributed by atoms with E-state index in [4.69, 9.17) is 0 Å². The van der Waals surface area contributed by atoms with Crippen molar-refractivity contribution in [2.45, 2.75) is 20.8 Å². The van der Waals surface area contributed by atoms with Gasteiger partial charge in [-0.2, -0.15) is 0 Å². The molecule has 0 aliphatic rings. The highest BCUT2D eigenvalue weighted by Crippen LogP contribution is 2.13. The minimum atomic E-state index is 0.215. The minimum absolute atomic E-state index is 0.215. The zero-order chi connectivity index (χ0) is 9.45. The van der Waals surface area contributed by atoms with Crippen LogP contribution in [-0.4, -0.2) is 12.9 Å². The van der Waals surface area contributed by atoms with Crippen LogP contribution in [0, 0.1) is 5.41 Å². The Morgan fingerprint density at radius 2 is 1.83 bits per heavy atom. The van der Waals surface area contributed by atoms with Gasteiger partial charge in [0.25, 0.3) is 0 Å². The molecule has 0 aromatic heterocycles. The van der Waals surface area contributed by atoms with E-state index in [0.29, 0.717) is 0 Å². The normalized spacial score (nSPS) is 13.6. The van der Waals surface area contributed by atoms with Crippen LogP contribution in [0.4, 0.5) is 0 Å². The number of rotatable bonds is 3. The largest absolute Gasteiger partial charge is 0.271 e. The summed E-state index contributed by atoms with van der Waals surface area (Å²) in [5.74, 6) is 0. The third kappa shape index (κ3) is 8.82. The highest BCUT2D eigenvalue weighted by Gasteiger charge is 2.01. The summed E-state index contributed by atoms with van der Waals surface area (Å²) in [6.45, 7) is 9.70. The first-order chi connectivity index (χ1) is 5.56. The van der Waals surface area contributed by atoms with Crippen molar-refractivity contribution in [3.8, 4) is 0 Å². The lowest BCUT2D eigenvalue weighted by atomic mass is 9.97. The van der Waals surface area contributed by atoms with Crippen molar-refractivity contribution >= 4 is 12.9 Å². The zero-order valence-electron chi connectivity index (χ0n) is 7.99. The van der Waals surface area contributed by atoms with E-state index in [2.05, 4.69) is 43.5 Å². The van der Waals surface area contributed by atoms with Gasteiger partial charge in [0.05, 0.1) is 0 Å². The van der Waals surface area contributed by atoms with Gasteiger partial charge in [0.2, 0.25) is 0 Å². The van der Waals surface area contributed by atoms with Crippen LogP contribution < -0.4 is 0 Å². The highest BCUT2D eigenvalue weighted by molar-refractivity contribution is 5.71. The van der Waals surface area contributed by atoms with Crippen LogP contribution in [0.25, 0.3) is 0 Å². The molecule has 2 nitrogen and oxygen atoms in total. The van der Waals surface area contributed by atoms with Crippen LogP contribution in [0.15, 0.2) is 34.5 Å². The monoisotopic (exact) mass is 164 g/mol. The predicted molar refractivity (Wildman–Crippen MR) is 55.8 cm³/mol. The summed E-state index contributed by atoms with van der Waals surface area (Å²) in [4.78, 5) is 7.45. The van der Waals surface area contributed by atoms with Crippen molar-refractivity contribution in [1.82, 2.24) is 0 Å². The van der Waals surface area contributed by atoms with Crippen molar-refractivity contribution in [3.05, 3.63) is 24.6 Å². The molecule has 0 aliphatic heterocycles. The van der Waals surface area contributed by atoms with Crippen LogP contribution in [0.3, 0.4) is 0 Å². The van der Waals surface area contributed by atoms with Crippen LogP contribution in [0.2, 0.25) is 0 Å². The second-order valence-corrected chi connectivity index (χ2v) is 3.50. The second kappa shape index (κ2) is 5.47. The van der Waals surface area contributed by atoms with E-state index in [1.54, 1.807) is 18.6 Å². The maximum atomic E-state index is 3.94. The molecule has 0 bridgehead atoms. The maximum Gasteiger partial charge on any atom is 0.0450 e. The van der Waals surface area contributed by atoms with E-state index in [1.807, 2.05) is 6.08 Å². The molecule has 0 spiro atoms. The molecular formula is C10H16N2. The Morgan fingerprint density at radius 3 is 2.33 bits per heavy atom. The third-order valence-corrected chi connectivity index (χ3v) is 1.03. The molecule has 0 saturated heterocycles. The number of hydrogen-bond donors (Lipinski definition) is 0. The Hall–Kier alpha value is -1.18. The average molecular weight is 164 g/mol. The van der Waals surface area contributed by atoms with E-state index >= 15 is 0 Å². The molecule has 66 valence electrons. The van der Waals surface area contributed by atoms with Crippen molar-refractivity contribution in [2.24, 2.45) is 15.4 Å². The van der Waals surface area contributed by atoms with E-state index in [1.165, 1.54) is 0 Å². The fraction of sp³-hybridized carbons (Fsp3) is 0.400. The first kappa shape index (κ1) is 10.8. The van der Waals surface area contributed by atoms with Crippen molar-refractivity contribution in [2.75, 3.05) is 0 Å². The molecule has 0 atom stereocenters. The smallest absolute Gasteiger partial charge is 0.0450 e. The van der Waals surface area contributed by atoms with Gasteiger partial charge in [0, 0.05) is 18.6 Å². The number of aliphatic imine (C=N–C) groups is 2. The molecule has 0 amide bonds. The quantitative estimate of drug-likeness (QED) is 0.573. The van der Waals surface area contributed by atoms with Crippen molar-refractivity contribution in [3.63, 3.8) is 0 Å². The number of nitrogens with zero attached hydrogens (tertiary/aromatic N) is 2. The summed E-state index contributed by atoms with van der Waals surface area (Å²) in [6.07, 6.45) is 8.88. The first-order valence-electron chi connectivity index (χ1n) is 3.88. The molecule has 0 aromatic rings. The molecule has 12 heavy (non-hydrogen) atoms. The second-order valence-electron chi connectivity index (χ2n) is 3.50. The fourth-order valence-electron chi connectivity index (χ4n) is 0.517. The summed E-state index contributed by atoms with van der Waals surface area (Å²) in [5.41, 5.74) is 0.215. The minimum Gasteiger partial charge on any atom is -0.271 e. The van der Waals surface area contributed by atoms with E-state index in [-0.39, 0.29) is 5.41 Å². The lowest BCUT2D eigenvalue weighted by molar-refractivity contribution is 0.545. The fourth-order valence-corrected chi connectivity index (χ4v) is 0.517. The van der Waals surface area contributed by atoms with Crippen LogP contribution in [-0.2, 0) is 0 Å². The van der Waals surface area contributed by atoms with Crippen LogP contribution >= 0.6 is 0 Å². The molecule has 0 saturated carbocycles. The summed E-state index contributed by atoms with van der Waals surface area (Å²) in [7, 11) is 0. The lowest BCUT2D eigenvalue weighted by Crippen LogP contribution is -1.98. The van der Waals surface area contributed by atoms with E-state index in [9.17, 15) is 0 Å². The third-order valence-electron chi connectivity index (χ3n) is 1.03. The maximum absolute atomic E-state index is 3.94. The number of allylic oxidation sites excluding steroid dienone is 2. The molecule has 0 aliphatic carbocycles. The zero-order valence-corrected chi connectivity index (χ0v) is 7.99. The van der Waals surface area contributed by atoms with Gasteiger partial charge in [-0.3, -0.25) is 9.98 Å². The Balaban J connectivity index is 3.82. The van der Waals surface area contributed by atoms with Gasteiger partial charge in [-0.15, -0.1) is 0 Å². The van der Waals surface area contributed by atoms with Gasteiger partial charge in [0.1, 0.15) is 0 Å². The van der Waals surface area contributed by atoms with Gasteiger partial charge in [-0.05, 0) is 18.2 Å². The topological polar surface area (TPSA) is 24.7 Å².